The Morgan fingerprint density at radius 3 is 2.77 bits per heavy atom. The van der Waals surface area contributed by atoms with Crippen molar-refractivity contribution in [3.05, 3.63) is 88.3 Å². The molecule has 0 unspecified atom stereocenters. The van der Waals surface area contributed by atoms with Gasteiger partial charge in [0.05, 0.1) is 18.3 Å². The number of ether oxygens (including phenoxy) is 1. The molecular formula is C24H22N4O3. The molecule has 31 heavy (non-hydrogen) atoms. The summed E-state index contributed by atoms with van der Waals surface area (Å²) in [6, 6.07) is 16.5. The van der Waals surface area contributed by atoms with Gasteiger partial charge >= 0.3 is 0 Å². The topological polar surface area (TPSA) is 86.1 Å². The number of hydrogen-bond donors (Lipinski definition) is 1. The molecule has 1 amide bonds. The zero-order valence-corrected chi connectivity index (χ0v) is 17.3. The molecule has 7 heteroatoms. The molecule has 0 bridgehead atoms. The van der Waals surface area contributed by atoms with Crippen molar-refractivity contribution in [2.75, 3.05) is 5.32 Å². The zero-order chi connectivity index (χ0) is 21.8. The van der Waals surface area contributed by atoms with Gasteiger partial charge in [-0.05, 0) is 55.3 Å². The van der Waals surface area contributed by atoms with E-state index in [-0.39, 0.29) is 17.8 Å². The summed E-state index contributed by atoms with van der Waals surface area (Å²) in [6.45, 7) is 4.33. The van der Waals surface area contributed by atoms with Gasteiger partial charge in [0, 0.05) is 18.0 Å². The first kappa shape index (κ1) is 20.3. The second-order valence-corrected chi connectivity index (χ2v) is 7.20. The molecule has 0 fully saturated rings. The molecule has 0 saturated carbocycles. The predicted molar refractivity (Wildman–Crippen MR) is 119 cm³/mol. The van der Waals surface area contributed by atoms with Gasteiger partial charge < -0.3 is 10.1 Å². The number of benzene rings is 2. The largest absolute Gasteiger partial charge is 0.437 e. The highest BCUT2D eigenvalue weighted by atomic mass is 16.5. The summed E-state index contributed by atoms with van der Waals surface area (Å²) in [6.07, 6.45) is 3.07. The molecule has 7 nitrogen and oxygen atoms in total. The highest BCUT2D eigenvalue weighted by Crippen LogP contribution is 2.30. The number of amides is 1. The van der Waals surface area contributed by atoms with Crippen molar-refractivity contribution in [2.24, 2.45) is 0 Å². The lowest BCUT2D eigenvalue weighted by Gasteiger charge is -2.14. The quantitative estimate of drug-likeness (QED) is 0.510. The van der Waals surface area contributed by atoms with E-state index in [1.165, 1.54) is 6.20 Å². The molecule has 0 spiro atoms. The number of fused-ring (bicyclic) bond motifs is 1. The fourth-order valence-corrected chi connectivity index (χ4v) is 3.27. The van der Waals surface area contributed by atoms with Crippen molar-refractivity contribution in [1.29, 1.82) is 0 Å². The monoisotopic (exact) mass is 414 g/mol. The summed E-state index contributed by atoms with van der Waals surface area (Å²) < 4.78 is 7.64. The Morgan fingerprint density at radius 2 is 1.90 bits per heavy atom. The molecule has 0 aliphatic rings. The number of rotatable bonds is 6. The van der Waals surface area contributed by atoms with Crippen molar-refractivity contribution in [1.82, 2.24) is 14.8 Å². The molecular weight excluding hydrogens is 392 g/mol. The number of hydrogen-bond acceptors (Lipinski definition) is 5. The normalized spacial score (nSPS) is 10.8. The molecule has 2 aromatic carbocycles. The van der Waals surface area contributed by atoms with E-state index in [4.69, 9.17) is 4.74 Å². The number of aryl methyl sites for hydroxylation is 2. The molecule has 4 rings (SSSR count). The Kier molecular flexibility index (Phi) is 5.75. The number of nitrogens with one attached hydrogen (secondary N) is 1. The van der Waals surface area contributed by atoms with Crippen molar-refractivity contribution in [3.63, 3.8) is 0 Å². The smallest absolute Gasteiger partial charge is 0.243 e. The first-order valence-corrected chi connectivity index (χ1v) is 9.97. The standard InChI is InChI=1S/C24H22N4O3/c1-16-7-5-11-22(17(16)2)31-24-19(9-6-13-25-24)27-23(30)12-14-28-20-10-4-3-8-18(20)21(29)15-26-28/h3-11,13,15H,12,14H2,1-2H3,(H,27,30). The molecule has 0 radical (unpaired) electrons. The van der Waals surface area contributed by atoms with E-state index >= 15 is 0 Å². The Morgan fingerprint density at radius 1 is 1.06 bits per heavy atom. The lowest BCUT2D eigenvalue weighted by atomic mass is 10.1. The van der Waals surface area contributed by atoms with Crippen LogP contribution >= 0.6 is 0 Å². The van der Waals surface area contributed by atoms with Crippen molar-refractivity contribution < 1.29 is 9.53 Å². The lowest BCUT2D eigenvalue weighted by Crippen LogP contribution is -2.18. The Bertz CT molecular complexity index is 1310. The molecule has 2 aromatic heterocycles. The van der Waals surface area contributed by atoms with Gasteiger partial charge in [-0.3, -0.25) is 14.3 Å². The minimum atomic E-state index is -0.205. The zero-order valence-electron chi connectivity index (χ0n) is 17.3. The highest BCUT2D eigenvalue weighted by Gasteiger charge is 2.12. The molecule has 156 valence electrons. The number of nitrogens with zero attached hydrogens (tertiary/aromatic N) is 3. The minimum Gasteiger partial charge on any atom is -0.437 e. The first-order chi connectivity index (χ1) is 15.0. The number of pyridine rings is 1. The van der Waals surface area contributed by atoms with Crippen LogP contribution in [0.4, 0.5) is 5.69 Å². The third-order valence-electron chi connectivity index (χ3n) is 5.12. The van der Waals surface area contributed by atoms with Crippen LogP contribution in [-0.4, -0.2) is 20.7 Å². The lowest BCUT2D eigenvalue weighted by molar-refractivity contribution is -0.116. The van der Waals surface area contributed by atoms with Crippen molar-refractivity contribution in [3.8, 4) is 11.6 Å². The van der Waals surface area contributed by atoms with Crippen molar-refractivity contribution >= 4 is 22.5 Å². The summed E-state index contributed by atoms with van der Waals surface area (Å²) in [5.74, 6) is 0.818. The summed E-state index contributed by atoms with van der Waals surface area (Å²) >= 11 is 0. The van der Waals surface area contributed by atoms with E-state index in [1.807, 2.05) is 44.2 Å². The van der Waals surface area contributed by atoms with Crippen LogP contribution in [0.15, 0.2) is 71.8 Å². The second kappa shape index (κ2) is 8.79. The maximum absolute atomic E-state index is 12.6. The van der Waals surface area contributed by atoms with Crippen LogP contribution in [0, 0.1) is 13.8 Å². The Balaban J connectivity index is 1.48. The van der Waals surface area contributed by atoms with Gasteiger partial charge in [-0.25, -0.2) is 4.98 Å². The number of carbonyl (C=O) groups excluding carboxylic acids is 1. The maximum atomic E-state index is 12.6. The second-order valence-electron chi connectivity index (χ2n) is 7.20. The Labute approximate surface area is 179 Å². The molecule has 2 heterocycles. The number of carbonyl (C=O) groups is 1. The van der Waals surface area contributed by atoms with Crippen LogP contribution in [0.5, 0.6) is 11.6 Å². The Hall–Kier alpha value is -4.00. The summed E-state index contributed by atoms with van der Waals surface area (Å²) in [4.78, 5) is 28.9. The van der Waals surface area contributed by atoms with Crippen LogP contribution in [0.3, 0.4) is 0 Å². The third-order valence-corrected chi connectivity index (χ3v) is 5.12. The molecule has 0 atom stereocenters. The molecule has 0 aliphatic heterocycles. The summed E-state index contributed by atoms with van der Waals surface area (Å²) in [5.41, 5.74) is 3.18. The molecule has 4 aromatic rings. The average molecular weight is 414 g/mol. The van der Waals surface area contributed by atoms with Crippen LogP contribution in [0.25, 0.3) is 10.9 Å². The van der Waals surface area contributed by atoms with Gasteiger partial charge in [-0.15, -0.1) is 0 Å². The van der Waals surface area contributed by atoms with Crippen LogP contribution in [0.1, 0.15) is 17.5 Å². The number of para-hydroxylation sites is 1. The molecule has 0 saturated heterocycles. The van der Waals surface area contributed by atoms with E-state index in [1.54, 1.807) is 35.1 Å². The van der Waals surface area contributed by atoms with E-state index < -0.39 is 0 Å². The number of aromatic nitrogens is 3. The van der Waals surface area contributed by atoms with E-state index in [0.29, 0.717) is 34.8 Å². The average Bonchev–Trinajstić information content (AvgIpc) is 2.78. The van der Waals surface area contributed by atoms with Gasteiger partial charge in [-0.2, -0.15) is 5.10 Å². The molecule has 0 aliphatic carbocycles. The van der Waals surface area contributed by atoms with Crippen molar-refractivity contribution in [2.45, 2.75) is 26.8 Å². The van der Waals surface area contributed by atoms with Gasteiger partial charge in [0.2, 0.25) is 17.2 Å². The van der Waals surface area contributed by atoms with Crippen LogP contribution in [-0.2, 0) is 11.3 Å². The van der Waals surface area contributed by atoms with E-state index in [0.717, 1.165) is 11.1 Å². The summed E-state index contributed by atoms with van der Waals surface area (Å²) in [5, 5.41) is 7.61. The summed E-state index contributed by atoms with van der Waals surface area (Å²) in [7, 11) is 0. The van der Waals surface area contributed by atoms with Gasteiger partial charge in [0.15, 0.2) is 0 Å². The first-order valence-electron chi connectivity index (χ1n) is 9.97. The van der Waals surface area contributed by atoms with Gasteiger partial charge in [0.25, 0.3) is 0 Å². The van der Waals surface area contributed by atoms with Gasteiger partial charge in [-0.1, -0.05) is 24.3 Å². The SMILES string of the molecule is Cc1cccc(Oc2ncccc2NC(=O)CCn2ncc(=O)c3ccccc32)c1C. The maximum Gasteiger partial charge on any atom is 0.243 e. The predicted octanol–water partition coefficient (Wildman–Crippen LogP) is 4.23. The highest BCUT2D eigenvalue weighted by molar-refractivity contribution is 5.92. The fourth-order valence-electron chi connectivity index (χ4n) is 3.27. The van der Waals surface area contributed by atoms with Crippen LogP contribution < -0.4 is 15.5 Å². The number of anilines is 1. The fraction of sp³-hybridized carbons (Fsp3) is 0.167. The minimum absolute atomic E-state index is 0.139. The van der Waals surface area contributed by atoms with Crippen LogP contribution in [0.2, 0.25) is 0 Å². The van der Waals surface area contributed by atoms with E-state index in [9.17, 15) is 9.59 Å². The third kappa shape index (κ3) is 4.45. The van der Waals surface area contributed by atoms with Gasteiger partial charge in [0.1, 0.15) is 11.4 Å². The van der Waals surface area contributed by atoms with E-state index in [2.05, 4.69) is 15.4 Å². The molecule has 1 N–H and O–H groups in total.